The molecule has 1 aliphatic rings. The van der Waals surface area contributed by atoms with Gasteiger partial charge in [-0.1, -0.05) is 38.0 Å². The Morgan fingerprint density at radius 1 is 1.24 bits per heavy atom. The number of rotatable bonds is 10. The van der Waals surface area contributed by atoms with Gasteiger partial charge in [-0.15, -0.1) is 11.8 Å². The lowest BCUT2D eigenvalue weighted by atomic mass is 10.1. The van der Waals surface area contributed by atoms with Gasteiger partial charge in [0.25, 0.3) is 0 Å². The monoisotopic (exact) mass is 510 g/mol. The van der Waals surface area contributed by atoms with Crippen LogP contribution in [0.4, 0.5) is 20.2 Å². The Bertz CT molecular complexity index is 963. The van der Waals surface area contributed by atoms with Crippen molar-refractivity contribution in [1.82, 2.24) is 4.31 Å². The Hall–Kier alpha value is -1.97. The number of thioether (sulfide) groups is 1. The van der Waals surface area contributed by atoms with E-state index in [4.69, 9.17) is 4.74 Å². The van der Waals surface area contributed by atoms with E-state index in [2.05, 4.69) is 40.0 Å². The average Bonchev–Trinajstić information content (AvgIpc) is 2.96. The van der Waals surface area contributed by atoms with Crippen molar-refractivity contribution in [3.8, 4) is 5.75 Å². The van der Waals surface area contributed by atoms with Crippen LogP contribution in [-0.2, 0) is 9.53 Å². The highest BCUT2D eigenvalue weighted by Crippen LogP contribution is 2.46. The van der Waals surface area contributed by atoms with Gasteiger partial charge in [0.05, 0.1) is 22.1 Å². The first-order chi connectivity index (χ1) is 16.3. The molecule has 2 aromatic rings. The number of likely N-dealkylation sites (N-methyl/N-ethyl adjacent to an activating group) is 1. The molecule has 1 atom stereocenters. The van der Waals surface area contributed by atoms with Crippen molar-refractivity contribution in [3.05, 3.63) is 42.5 Å². The molecule has 0 saturated carbocycles. The molecule has 34 heavy (non-hydrogen) atoms. The molecule has 9 heteroatoms. The van der Waals surface area contributed by atoms with Crippen molar-refractivity contribution >= 4 is 41.1 Å². The zero-order valence-corrected chi connectivity index (χ0v) is 21.7. The maximum Gasteiger partial charge on any atom is 0.380 e. The summed E-state index contributed by atoms with van der Waals surface area (Å²) >= 11 is 3.02. The third kappa shape index (κ3) is 6.37. The first-order valence-electron chi connectivity index (χ1n) is 11.4. The maximum absolute atomic E-state index is 14.2. The minimum Gasteiger partial charge on any atom is -0.485 e. The zero-order chi connectivity index (χ0) is 24.7. The Labute approximate surface area is 209 Å². The summed E-state index contributed by atoms with van der Waals surface area (Å²) in [4.78, 5) is 15.5. The summed E-state index contributed by atoms with van der Waals surface area (Å²) in [5.74, 6) is -4.96. The van der Waals surface area contributed by atoms with Gasteiger partial charge in [-0.2, -0.15) is 8.78 Å². The van der Waals surface area contributed by atoms with Gasteiger partial charge in [0.15, 0.2) is 6.61 Å². The average molecular weight is 511 g/mol. The summed E-state index contributed by atoms with van der Waals surface area (Å²) in [6.07, 6.45) is 5.19. The number of halogens is 2. The molecule has 1 heterocycles. The SMILES string of the molecule is CCCCC1CN(c2ccccc2)c2cc(SC)c(OCC(F)(F)C(=O)OCC)cc2SN1C. The lowest BCUT2D eigenvalue weighted by molar-refractivity contribution is -0.175. The second kappa shape index (κ2) is 12.1. The van der Waals surface area contributed by atoms with E-state index in [0.29, 0.717) is 11.8 Å². The lowest BCUT2D eigenvalue weighted by Crippen LogP contribution is -2.37. The smallest absolute Gasteiger partial charge is 0.380 e. The zero-order valence-electron chi connectivity index (χ0n) is 20.1. The summed E-state index contributed by atoms with van der Waals surface area (Å²) < 4.78 is 40.7. The number of benzene rings is 2. The molecule has 0 saturated heterocycles. The van der Waals surface area contributed by atoms with Crippen molar-refractivity contribution in [3.63, 3.8) is 0 Å². The summed E-state index contributed by atoms with van der Waals surface area (Å²) in [5, 5.41) is 0. The van der Waals surface area contributed by atoms with E-state index < -0.39 is 18.5 Å². The van der Waals surface area contributed by atoms with Crippen LogP contribution in [-0.4, -0.2) is 55.3 Å². The van der Waals surface area contributed by atoms with E-state index in [1.54, 1.807) is 11.9 Å². The first kappa shape index (κ1) is 26.6. The number of esters is 1. The maximum atomic E-state index is 14.2. The predicted octanol–water partition coefficient (Wildman–Crippen LogP) is 6.64. The molecule has 0 aliphatic carbocycles. The van der Waals surface area contributed by atoms with Crippen LogP contribution in [0.25, 0.3) is 0 Å². The van der Waals surface area contributed by atoms with Gasteiger partial charge in [0.1, 0.15) is 5.75 Å². The Kier molecular flexibility index (Phi) is 9.50. The number of nitrogens with zero attached hydrogens (tertiary/aromatic N) is 2. The number of fused-ring (bicyclic) bond motifs is 1. The number of alkyl halides is 2. The van der Waals surface area contributed by atoms with Crippen LogP contribution >= 0.6 is 23.7 Å². The van der Waals surface area contributed by atoms with Crippen LogP contribution in [0.3, 0.4) is 0 Å². The molecular formula is C25H32F2N2O3S2. The highest BCUT2D eigenvalue weighted by Gasteiger charge is 2.42. The minimum absolute atomic E-state index is 0.110. The number of anilines is 2. The normalized spacial score (nSPS) is 16.6. The van der Waals surface area contributed by atoms with Gasteiger partial charge in [0.2, 0.25) is 0 Å². The molecular weight excluding hydrogens is 478 g/mol. The Balaban J connectivity index is 1.97. The van der Waals surface area contributed by atoms with E-state index in [9.17, 15) is 13.6 Å². The minimum atomic E-state index is -3.72. The van der Waals surface area contributed by atoms with Crippen molar-refractivity contribution in [1.29, 1.82) is 0 Å². The predicted molar refractivity (Wildman–Crippen MR) is 136 cm³/mol. The van der Waals surface area contributed by atoms with E-state index in [0.717, 1.165) is 47.0 Å². The van der Waals surface area contributed by atoms with Gasteiger partial charge in [-0.3, -0.25) is 0 Å². The van der Waals surface area contributed by atoms with Crippen molar-refractivity contribution < 1.29 is 23.0 Å². The molecule has 3 rings (SSSR count). The summed E-state index contributed by atoms with van der Waals surface area (Å²) in [6, 6.07) is 14.3. The molecule has 1 aliphatic heterocycles. The highest BCUT2D eigenvalue weighted by molar-refractivity contribution is 7.98. The fourth-order valence-electron chi connectivity index (χ4n) is 3.77. The Morgan fingerprint density at radius 2 is 1.97 bits per heavy atom. The van der Waals surface area contributed by atoms with Gasteiger partial charge >= 0.3 is 11.9 Å². The van der Waals surface area contributed by atoms with Crippen LogP contribution in [0.2, 0.25) is 0 Å². The van der Waals surface area contributed by atoms with Crippen molar-refractivity contribution in [2.45, 2.75) is 54.9 Å². The lowest BCUT2D eigenvalue weighted by Gasteiger charge is -2.30. The molecule has 0 bridgehead atoms. The molecule has 0 amide bonds. The number of hydrogen-bond acceptors (Lipinski definition) is 7. The fraction of sp³-hybridized carbons (Fsp3) is 0.480. The van der Waals surface area contributed by atoms with E-state index >= 15 is 0 Å². The topological polar surface area (TPSA) is 42.0 Å². The second-order valence-corrected chi connectivity index (χ2v) is 10.1. The Morgan fingerprint density at radius 3 is 2.62 bits per heavy atom. The number of carbonyl (C=O) groups excluding carboxylic acids is 1. The highest BCUT2D eigenvalue weighted by atomic mass is 32.2. The van der Waals surface area contributed by atoms with Crippen LogP contribution in [0.5, 0.6) is 5.75 Å². The summed E-state index contributed by atoms with van der Waals surface area (Å²) in [5.41, 5.74) is 2.09. The van der Waals surface area contributed by atoms with Gasteiger partial charge < -0.3 is 14.4 Å². The summed E-state index contributed by atoms with van der Waals surface area (Å²) in [6.45, 7) is 3.32. The third-order valence-electron chi connectivity index (χ3n) is 5.63. The molecule has 0 spiro atoms. The van der Waals surface area contributed by atoms with Crippen molar-refractivity contribution in [2.75, 3.05) is 38.0 Å². The standard InChI is InChI=1S/C25H32F2N2O3S2/c1-5-7-11-19-16-29(18-12-9-8-10-13-18)20-14-23(33-4)21(15-22(20)34-28(19)3)32-17-25(26,27)24(30)31-6-2/h8-10,12-15,19H,5-7,11,16-17H2,1-4H3. The number of carbonyl (C=O) groups is 1. The van der Waals surface area contributed by atoms with E-state index in [-0.39, 0.29) is 6.61 Å². The largest absolute Gasteiger partial charge is 0.485 e. The van der Waals surface area contributed by atoms with Crippen LogP contribution in [0.15, 0.2) is 52.3 Å². The van der Waals surface area contributed by atoms with Gasteiger partial charge in [-0.25, -0.2) is 9.10 Å². The van der Waals surface area contributed by atoms with Crippen LogP contribution in [0.1, 0.15) is 33.1 Å². The van der Waals surface area contributed by atoms with E-state index in [1.165, 1.54) is 18.7 Å². The molecule has 2 aromatic carbocycles. The van der Waals surface area contributed by atoms with E-state index in [1.807, 2.05) is 36.6 Å². The quantitative estimate of drug-likeness (QED) is 0.202. The second-order valence-electron chi connectivity index (χ2n) is 8.06. The fourth-order valence-corrected chi connectivity index (χ4v) is 5.37. The van der Waals surface area contributed by atoms with Gasteiger partial charge in [0, 0.05) is 18.3 Å². The number of para-hydroxylation sites is 1. The molecule has 0 radical (unpaired) electrons. The van der Waals surface area contributed by atoms with Crippen molar-refractivity contribution in [2.24, 2.45) is 0 Å². The first-order valence-corrected chi connectivity index (χ1v) is 13.4. The number of ether oxygens (including phenoxy) is 2. The van der Waals surface area contributed by atoms with Crippen LogP contribution < -0.4 is 9.64 Å². The molecule has 5 nitrogen and oxygen atoms in total. The molecule has 0 N–H and O–H groups in total. The number of hydrogen-bond donors (Lipinski definition) is 0. The summed E-state index contributed by atoms with van der Waals surface area (Å²) in [7, 11) is 2.07. The number of unbranched alkanes of at least 4 members (excludes halogenated alkanes) is 1. The molecule has 1 unspecified atom stereocenters. The molecule has 0 aromatic heterocycles. The molecule has 186 valence electrons. The molecule has 0 fully saturated rings. The van der Waals surface area contributed by atoms with Crippen LogP contribution in [0, 0.1) is 0 Å². The van der Waals surface area contributed by atoms with Gasteiger partial charge in [-0.05, 0) is 62.9 Å². The third-order valence-corrected chi connectivity index (χ3v) is 7.50.